The molecule has 2 rings (SSSR count). The van der Waals surface area contributed by atoms with Crippen LogP contribution < -0.4 is 10.5 Å². The van der Waals surface area contributed by atoms with Crippen LogP contribution in [0.1, 0.15) is 6.42 Å². The predicted molar refractivity (Wildman–Crippen MR) is 83.7 cm³/mol. The van der Waals surface area contributed by atoms with E-state index in [2.05, 4.69) is 0 Å². The van der Waals surface area contributed by atoms with Gasteiger partial charge in [-0.1, -0.05) is 29.8 Å². The molecule has 0 spiro atoms. The van der Waals surface area contributed by atoms with Crippen LogP contribution in [0.2, 0.25) is 5.02 Å². The molecule has 0 heterocycles. The van der Waals surface area contributed by atoms with Crippen molar-refractivity contribution in [3.8, 4) is 5.75 Å². The molecule has 106 valence electrons. The highest BCUT2D eigenvalue weighted by atomic mass is 35.5. The van der Waals surface area contributed by atoms with Crippen LogP contribution in [0.15, 0.2) is 53.4 Å². The maximum absolute atomic E-state index is 12.1. The highest BCUT2D eigenvalue weighted by Crippen LogP contribution is 2.22. The minimum atomic E-state index is -1.13. The molecule has 1 atom stereocenters. The Hall–Kier alpha value is -1.52. The lowest BCUT2D eigenvalue weighted by Crippen LogP contribution is -2.05. The highest BCUT2D eigenvalue weighted by Gasteiger charge is 2.08. The number of anilines is 1. The molecule has 2 N–H and O–H groups in total. The summed E-state index contributed by atoms with van der Waals surface area (Å²) in [7, 11) is -1.13. The predicted octanol–water partition coefficient (Wildman–Crippen LogP) is 3.50. The molecule has 0 saturated carbocycles. The van der Waals surface area contributed by atoms with Crippen LogP contribution in [0.3, 0.4) is 0 Å². The molecule has 1 unspecified atom stereocenters. The van der Waals surface area contributed by atoms with Crippen molar-refractivity contribution in [3.05, 3.63) is 53.6 Å². The summed E-state index contributed by atoms with van der Waals surface area (Å²) in [6, 6.07) is 14.6. The molecule has 3 nitrogen and oxygen atoms in total. The van der Waals surface area contributed by atoms with E-state index >= 15 is 0 Å². The minimum Gasteiger partial charge on any atom is -0.494 e. The fraction of sp³-hybridized carbons (Fsp3) is 0.200. The number of rotatable bonds is 6. The second-order valence-corrected chi connectivity index (χ2v) is 6.20. The molecule has 0 radical (unpaired) electrons. The molecule has 5 heteroatoms. The third-order valence-corrected chi connectivity index (χ3v) is 4.62. The van der Waals surface area contributed by atoms with E-state index in [1.807, 2.05) is 30.3 Å². The van der Waals surface area contributed by atoms with E-state index < -0.39 is 10.8 Å². The Morgan fingerprint density at radius 2 is 1.90 bits per heavy atom. The molecule has 0 bridgehead atoms. The first-order valence-corrected chi connectivity index (χ1v) is 7.98. The normalized spacial score (nSPS) is 12.1. The van der Waals surface area contributed by atoms with Gasteiger partial charge in [-0.15, -0.1) is 0 Å². The van der Waals surface area contributed by atoms with Gasteiger partial charge in [0.25, 0.3) is 0 Å². The van der Waals surface area contributed by atoms with Crippen molar-refractivity contribution in [2.45, 2.75) is 11.3 Å². The Kier molecular flexibility index (Phi) is 5.44. The lowest BCUT2D eigenvalue weighted by Gasteiger charge is -2.07. The zero-order valence-corrected chi connectivity index (χ0v) is 12.5. The molecule has 0 aromatic heterocycles. The third-order valence-electron chi connectivity index (χ3n) is 2.69. The molecule has 2 aromatic carbocycles. The highest BCUT2D eigenvalue weighted by molar-refractivity contribution is 7.85. The van der Waals surface area contributed by atoms with Crippen LogP contribution in [-0.4, -0.2) is 16.6 Å². The number of hydrogen-bond donors (Lipinski definition) is 1. The Labute approximate surface area is 126 Å². The number of benzene rings is 2. The second kappa shape index (κ2) is 7.31. The quantitative estimate of drug-likeness (QED) is 0.656. The summed E-state index contributed by atoms with van der Waals surface area (Å²) in [5.74, 6) is 1.33. The Bertz CT molecular complexity index is 590. The molecule has 20 heavy (non-hydrogen) atoms. The van der Waals surface area contributed by atoms with Gasteiger partial charge < -0.3 is 10.5 Å². The van der Waals surface area contributed by atoms with Gasteiger partial charge in [0.2, 0.25) is 0 Å². The zero-order valence-electron chi connectivity index (χ0n) is 10.9. The van der Waals surface area contributed by atoms with Gasteiger partial charge in [-0.05, 0) is 36.8 Å². The van der Waals surface area contributed by atoms with Gasteiger partial charge in [0.15, 0.2) is 0 Å². The van der Waals surface area contributed by atoms with Gasteiger partial charge in [0.05, 0.1) is 27.3 Å². The van der Waals surface area contributed by atoms with E-state index in [-0.39, 0.29) is 0 Å². The van der Waals surface area contributed by atoms with Crippen molar-refractivity contribution in [1.82, 2.24) is 0 Å². The summed E-state index contributed by atoms with van der Waals surface area (Å²) < 4.78 is 17.7. The summed E-state index contributed by atoms with van der Waals surface area (Å²) in [6.45, 7) is 0.530. The average Bonchev–Trinajstić information content (AvgIpc) is 2.44. The minimum absolute atomic E-state index is 0.451. The summed E-state index contributed by atoms with van der Waals surface area (Å²) in [5.41, 5.74) is 6.18. The first kappa shape index (κ1) is 14.9. The van der Waals surface area contributed by atoms with Crippen LogP contribution in [0, 0.1) is 0 Å². The fourth-order valence-electron chi connectivity index (χ4n) is 1.71. The molecule has 0 saturated heterocycles. The van der Waals surface area contributed by atoms with Crippen molar-refractivity contribution in [1.29, 1.82) is 0 Å². The van der Waals surface area contributed by atoms with E-state index in [1.165, 1.54) is 0 Å². The molecular weight excluding hydrogens is 294 g/mol. The van der Waals surface area contributed by atoms with Crippen LogP contribution in [0.25, 0.3) is 0 Å². The van der Waals surface area contributed by atoms with Crippen molar-refractivity contribution >= 4 is 28.1 Å². The van der Waals surface area contributed by atoms with Crippen LogP contribution in [-0.2, 0) is 10.8 Å². The lowest BCUT2D eigenvalue weighted by atomic mass is 10.3. The summed E-state index contributed by atoms with van der Waals surface area (Å²) >= 11 is 6.03. The molecule has 0 aliphatic heterocycles. The average molecular weight is 310 g/mol. The van der Waals surface area contributed by atoms with E-state index in [9.17, 15) is 4.21 Å². The van der Waals surface area contributed by atoms with E-state index in [1.54, 1.807) is 18.2 Å². The standard InChI is InChI=1S/C15H16ClNO2S/c16-14-11-12(17)7-8-15(14)20(18)10-4-9-19-13-5-2-1-3-6-13/h1-3,5-8,11H,4,9-10,17H2. The van der Waals surface area contributed by atoms with Crippen molar-refractivity contribution < 1.29 is 8.95 Å². The van der Waals surface area contributed by atoms with Crippen molar-refractivity contribution in [3.63, 3.8) is 0 Å². The molecule has 0 aliphatic carbocycles. The summed E-state index contributed by atoms with van der Waals surface area (Å²) in [6.07, 6.45) is 0.697. The maximum atomic E-state index is 12.1. The van der Waals surface area contributed by atoms with Gasteiger partial charge in [0, 0.05) is 11.4 Å². The fourth-order valence-corrected chi connectivity index (χ4v) is 3.25. The zero-order chi connectivity index (χ0) is 14.4. The Morgan fingerprint density at radius 3 is 2.60 bits per heavy atom. The molecule has 0 amide bonds. The van der Waals surface area contributed by atoms with Gasteiger partial charge >= 0.3 is 0 Å². The Balaban J connectivity index is 1.80. The monoisotopic (exact) mass is 309 g/mol. The lowest BCUT2D eigenvalue weighted by molar-refractivity contribution is 0.318. The number of nitrogens with two attached hydrogens (primary N) is 1. The summed E-state index contributed by atoms with van der Waals surface area (Å²) in [4.78, 5) is 0.626. The molecule has 0 fully saturated rings. The SMILES string of the molecule is Nc1ccc(S(=O)CCCOc2ccccc2)c(Cl)c1. The van der Waals surface area contributed by atoms with Crippen molar-refractivity contribution in [2.24, 2.45) is 0 Å². The first-order chi connectivity index (χ1) is 9.66. The van der Waals surface area contributed by atoms with Gasteiger partial charge in [-0.2, -0.15) is 0 Å². The number of nitrogen functional groups attached to an aromatic ring is 1. The van der Waals surface area contributed by atoms with Crippen LogP contribution in [0.4, 0.5) is 5.69 Å². The van der Waals surface area contributed by atoms with Gasteiger partial charge in [0.1, 0.15) is 5.75 Å². The first-order valence-electron chi connectivity index (χ1n) is 6.28. The van der Waals surface area contributed by atoms with Crippen LogP contribution >= 0.6 is 11.6 Å². The van der Waals surface area contributed by atoms with E-state index in [4.69, 9.17) is 22.1 Å². The summed E-state index contributed by atoms with van der Waals surface area (Å²) in [5, 5.41) is 0.451. The largest absolute Gasteiger partial charge is 0.494 e. The maximum Gasteiger partial charge on any atom is 0.119 e. The topological polar surface area (TPSA) is 52.3 Å². The Morgan fingerprint density at radius 1 is 1.15 bits per heavy atom. The number of hydrogen-bond acceptors (Lipinski definition) is 3. The smallest absolute Gasteiger partial charge is 0.119 e. The van der Waals surface area contributed by atoms with E-state index in [0.717, 1.165) is 5.75 Å². The third kappa shape index (κ3) is 4.25. The molecule has 0 aliphatic rings. The molecular formula is C15H16ClNO2S. The van der Waals surface area contributed by atoms with Gasteiger partial charge in [-0.3, -0.25) is 4.21 Å². The van der Waals surface area contributed by atoms with Crippen molar-refractivity contribution in [2.75, 3.05) is 18.1 Å². The molecule has 2 aromatic rings. The van der Waals surface area contributed by atoms with E-state index in [0.29, 0.717) is 34.4 Å². The number of para-hydroxylation sites is 1. The number of ether oxygens (including phenoxy) is 1. The van der Waals surface area contributed by atoms with Crippen LogP contribution in [0.5, 0.6) is 5.75 Å². The second-order valence-electron chi connectivity index (χ2n) is 4.25. The van der Waals surface area contributed by atoms with Gasteiger partial charge in [-0.25, -0.2) is 0 Å². The number of halogens is 1.